The van der Waals surface area contributed by atoms with Gasteiger partial charge < -0.3 is 15.5 Å². The van der Waals surface area contributed by atoms with E-state index in [4.69, 9.17) is 0 Å². The molecule has 212 valence electrons. The fraction of sp³-hybridized carbons (Fsp3) is 0.333. The third-order valence-corrected chi connectivity index (χ3v) is 7.89. The Hall–Kier alpha value is -4.46. The van der Waals surface area contributed by atoms with Crippen LogP contribution in [0.1, 0.15) is 42.0 Å². The fourth-order valence-corrected chi connectivity index (χ4v) is 5.72. The molecule has 2 heterocycles. The monoisotopic (exact) mass is 551 g/mol. The number of para-hydroxylation sites is 1. The van der Waals surface area contributed by atoms with E-state index in [1.165, 1.54) is 10.5 Å². The average Bonchev–Trinajstić information content (AvgIpc) is 3.05. The van der Waals surface area contributed by atoms with E-state index in [0.717, 1.165) is 36.0 Å². The third-order valence-electron chi connectivity index (χ3n) is 7.89. The zero-order valence-corrected chi connectivity index (χ0v) is 23.9. The maximum absolute atomic E-state index is 13.9. The molecule has 3 aromatic rings. The molecule has 0 saturated carbocycles. The summed E-state index contributed by atoms with van der Waals surface area (Å²) in [4.78, 5) is 48.4. The molecule has 0 spiro atoms. The highest BCUT2D eigenvalue weighted by Crippen LogP contribution is 2.30. The Morgan fingerprint density at radius 1 is 0.927 bits per heavy atom. The van der Waals surface area contributed by atoms with Crippen molar-refractivity contribution in [3.63, 3.8) is 0 Å². The van der Waals surface area contributed by atoms with E-state index < -0.39 is 18.1 Å². The summed E-state index contributed by atoms with van der Waals surface area (Å²) in [5, 5.41) is 5.50. The number of likely N-dealkylation sites (tertiary alicyclic amines) is 1. The fourth-order valence-electron chi connectivity index (χ4n) is 5.72. The largest absolute Gasteiger partial charge is 0.341 e. The lowest BCUT2D eigenvalue weighted by molar-refractivity contribution is -0.132. The first-order chi connectivity index (χ1) is 19.8. The Kier molecular flexibility index (Phi) is 8.47. The second-order valence-corrected chi connectivity index (χ2v) is 11.0. The lowest BCUT2D eigenvalue weighted by Crippen LogP contribution is -2.52. The van der Waals surface area contributed by atoms with Crippen LogP contribution in [0.2, 0.25) is 0 Å². The van der Waals surface area contributed by atoms with Gasteiger partial charge in [-0.2, -0.15) is 0 Å². The molecule has 1 atom stereocenters. The highest BCUT2D eigenvalue weighted by molar-refractivity contribution is 6.14. The van der Waals surface area contributed by atoms with Crippen molar-refractivity contribution in [3.8, 4) is 0 Å². The van der Waals surface area contributed by atoms with Crippen LogP contribution in [0.5, 0.6) is 0 Å². The number of urea groups is 1. The third kappa shape index (κ3) is 6.65. The van der Waals surface area contributed by atoms with Gasteiger partial charge in [0.1, 0.15) is 6.54 Å². The second kappa shape index (κ2) is 12.4. The van der Waals surface area contributed by atoms with Crippen molar-refractivity contribution in [2.75, 3.05) is 29.9 Å². The Labute approximate surface area is 241 Å². The number of fused-ring (bicyclic) bond motifs is 1. The summed E-state index contributed by atoms with van der Waals surface area (Å²) in [6.45, 7) is 6.89. The summed E-state index contributed by atoms with van der Waals surface area (Å²) in [5.74, 6) is -0.0156. The lowest BCUT2D eigenvalue weighted by Gasteiger charge is -2.34. The maximum Gasteiger partial charge on any atom is 0.321 e. The number of hydrogen-bond donors (Lipinski definition) is 2. The first kappa shape index (κ1) is 28.1. The van der Waals surface area contributed by atoms with Crippen LogP contribution < -0.4 is 15.5 Å². The first-order valence-electron chi connectivity index (χ1n) is 14.2. The smallest absolute Gasteiger partial charge is 0.321 e. The molecule has 2 N–H and O–H groups in total. The first-order valence-corrected chi connectivity index (χ1v) is 14.2. The van der Waals surface area contributed by atoms with E-state index in [1.807, 2.05) is 68.1 Å². The number of piperidine rings is 1. The number of nitrogens with one attached hydrogen (secondary N) is 2. The minimum Gasteiger partial charge on any atom is -0.341 e. The van der Waals surface area contributed by atoms with Gasteiger partial charge in [-0.3, -0.25) is 19.5 Å². The number of aliphatic imine (C=N–C) groups is 1. The molecule has 2 aliphatic rings. The van der Waals surface area contributed by atoms with E-state index >= 15 is 0 Å². The molecular formula is C33H37N5O3. The van der Waals surface area contributed by atoms with Crippen molar-refractivity contribution < 1.29 is 14.4 Å². The molecule has 3 aromatic carbocycles. The van der Waals surface area contributed by atoms with Gasteiger partial charge in [0.15, 0.2) is 0 Å². The molecule has 8 nitrogen and oxygen atoms in total. The van der Waals surface area contributed by atoms with Crippen LogP contribution in [0.15, 0.2) is 77.8 Å². The highest BCUT2D eigenvalue weighted by atomic mass is 16.2. The molecule has 41 heavy (non-hydrogen) atoms. The van der Waals surface area contributed by atoms with Crippen molar-refractivity contribution in [1.29, 1.82) is 0 Å². The van der Waals surface area contributed by atoms with Crippen LogP contribution in [0, 0.1) is 19.8 Å². The number of anilines is 2. The molecule has 8 heteroatoms. The van der Waals surface area contributed by atoms with E-state index in [-0.39, 0.29) is 12.5 Å². The minimum atomic E-state index is -1.17. The maximum atomic E-state index is 13.9. The molecule has 5 rings (SSSR count). The predicted octanol–water partition coefficient (Wildman–Crippen LogP) is 5.09. The number of amides is 4. The van der Waals surface area contributed by atoms with Crippen LogP contribution in [0.25, 0.3) is 0 Å². The summed E-state index contributed by atoms with van der Waals surface area (Å²) in [5.41, 5.74) is 5.86. The predicted molar refractivity (Wildman–Crippen MR) is 162 cm³/mol. The van der Waals surface area contributed by atoms with Crippen molar-refractivity contribution in [1.82, 2.24) is 10.2 Å². The SMILES string of the molecule is CC1=N[C@@H](NC(=O)Nc2cccc(C)c2)C(=O)N(CC(=O)N2CCC(Cc3ccccc3)CC2)c2c(C)cccc21. The molecule has 0 radical (unpaired) electrons. The highest BCUT2D eigenvalue weighted by Gasteiger charge is 2.35. The standard InChI is InChI=1S/C33H37N5O3/c1-22-9-7-13-27(19-22)35-33(41)36-31-32(40)38(30-23(2)10-8-14-28(30)24(3)34-31)21-29(39)37-17-15-26(16-18-37)20-25-11-5-4-6-12-25/h4-14,19,26,31H,15-18,20-21H2,1-3H3,(H2,35,36,41)/t31-/m0/s1. The number of nitrogens with zero attached hydrogens (tertiary/aromatic N) is 3. The average molecular weight is 552 g/mol. The van der Waals surface area contributed by atoms with Gasteiger partial charge in [-0.05, 0) is 74.8 Å². The Morgan fingerprint density at radius 3 is 2.39 bits per heavy atom. The van der Waals surface area contributed by atoms with E-state index in [1.54, 1.807) is 6.07 Å². The van der Waals surface area contributed by atoms with Crippen LogP contribution in [0.4, 0.5) is 16.2 Å². The van der Waals surface area contributed by atoms with Crippen LogP contribution >= 0.6 is 0 Å². The summed E-state index contributed by atoms with van der Waals surface area (Å²) < 4.78 is 0. The van der Waals surface area contributed by atoms with Crippen molar-refractivity contribution in [3.05, 3.63) is 95.1 Å². The molecule has 0 aromatic heterocycles. The van der Waals surface area contributed by atoms with Gasteiger partial charge in [-0.25, -0.2) is 4.79 Å². The van der Waals surface area contributed by atoms with Crippen molar-refractivity contribution in [2.24, 2.45) is 10.9 Å². The molecular weight excluding hydrogens is 514 g/mol. The Balaban J connectivity index is 1.30. The number of hydrogen-bond acceptors (Lipinski definition) is 4. The van der Waals surface area contributed by atoms with Gasteiger partial charge in [0.2, 0.25) is 12.1 Å². The van der Waals surface area contributed by atoms with Gasteiger partial charge >= 0.3 is 6.03 Å². The quantitative estimate of drug-likeness (QED) is 0.447. The lowest BCUT2D eigenvalue weighted by atomic mass is 9.90. The van der Waals surface area contributed by atoms with E-state index in [9.17, 15) is 14.4 Å². The van der Waals surface area contributed by atoms with Gasteiger partial charge in [0.05, 0.1) is 5.69 Å². The molecule has 1 saturated heterocycles. The summed E-state index contributed by atoms with van der Waals surface area (Å²) in [6, 6.07) is 23.0. The summed E-state index contributed by atoms with van der Waals surface area (Å²) in [6.07, 6.45) is 1.69. The topological polar surface area (TPSA) is 94.1 Å². The molecule has 0 bridgehead atoms. The molecule has 2 aliphatic heterocycles. The number of benzene rings is 3. The van der Waals surface area contributed by atoms with Gasteiger partial charge in [-0.1, -0.05) is 60.7 Å². The number of aryl methyl sites for hydroxylation is 2. The van der Waals surface area contributed by atoms with Crippen LogP contribution in [-0.4, -0.2) is 54.3 Å². The summed E-state index contributed by atoms with van der Waals surface area (Å²) >= 11 is 0. The van der Waals surface area contributed by atoms with Gasteiger partial charge in [0, 0.05) is 30.1 Å². The van der Waals surface area contributed by atoms with Crippen molar-refractivity contribution >= 4 is 34.9 Å². The zero-order valence-electron chi connectivity index (χ0n) is 23.9. The van der Waals surface area contributed by atoms with Gasteiger partial charge in [0.25, 0.3) is 5.91 Å². The Morgan fingerprint density at radius 2 is 1.66 bits per heavy atom. The number of benzodiazepines with no additional fused rings is 1. The minimum absolute atomic E-state index is 0.103. The van der Waals surface area contributed by atoms with E-state index in [2.05, 4.69) is 39.9 Å². The number of carbonyl (C=O) groups is 3. The molecule has 4 amide bonds. The summed E-state index contributed by atoms with van der Waals surface area (Å²) in [7, 11) is 0. The zero-order chi connectivity index (χ0) is 28.9. The van der Waals surface area contributed by atoms with Crippen molar-refractivity contribution in [2.45, 2.75) is 46.2 Å². The molecule has 0 unspecified atom stereocenters. The van der Waals surface area contributed by atoms with Crippen LogP contribution in [0.3, 0.4) is 0 Å². The molecule has 0 aliphatic carbocycles. The number of rotatable bonds is 6. The molecule has 1 fully saturated rings. The van der Waals surface area contributed by atoms with E-state index in [0.29, 0.717) is 36.1 Å². The Bertz CT molecular complexity index is 1460. The normalized spacial score (nSPS) is 17.4. The number of carbonyl (C=O) groups excluding carboxylic acids is 3. The van der Waals surface area contributed by atoms with Gasteiger partial charge in [-0.15, -0.1) is 0 Å². The van der Waals surface area contributed by atoms with Crippen LogP contribution in [-0.2, 0) is 16.0 Å². The second-order valence-electron chi connectivity index (χ2n) is 11.0.